The highest BCUT2D eigenvalue weighted by Crippen LogP contribution is 2.26. The second-order valence-corrected chi connectivity index (χ2v) is 6.01. The third-order valence-electron chi connectivity index (χ3n) is 3.33. The summed E-state index contributed by atoms with van der Waals surface area (Å²) in [5.74, 6) is 0.917. The number of hydrogen-bond acceptors (Lipinski definition) is 3. The number of methoxy groups -OCH3 is 1. The highest BCUT2D eigenvalue weighted by molar-refractivity contribution is 7.11. The van der Waals surface area contributed by atoms with Gasteiger partial charge in [0.15, 0.2) is 0 Å². The Morgan fingerprint density at radius 3 is 2.53 bits per heavy atom. The van der Waals surface area contributed by atoms with Crippen molar-refractivity contribution >= 4 is 11.3 Å². The van der Waals surface area contributed by atoms with Crippen molar-refractivity contribution in [2.45, 2.75) is 32.7 Å². The smallest absolute Gasteiger partial charge is 0.121 e. The Kier molecular flexibility index (Phi) is 4.61. The van der Waals surface area contributed by atoms with Crippen molar-refractivity contribution in [3.63, 3.8) is 0 Å². The molecular formula is C16H21NOS. The molecule has 0 spiro atoms. The SMILES string of the molecule is CCc1ccc(CC(N)c2ccc(OC)c(C)c2)s1. The molecule has 2 rings (SSSR count). The lowest BCUT2D eigenvalue weighted by Crippen LogP contribution is -2.12. The summed E-state index contributed by atoms with van der Waals surface area (Å²) in [6, 6.07) is 10.6. The number of aryl methyl sites for hydroxylation is 2. The minimum atomic E-state index is 0.0490. The maximum atomic E-state index is 6.30. The molecule has 102 valence electrons. The molecule has 1 aromatic carbocycles. The van der Waals surface area contributed by atoms with Gasteiger partial charge < -0.3 is 10.5 Å². The van der Waals surface area contributed by atoms with Gasteiger partial charge in [-0.15, -0.1) is 11.3 Å². The Balaban J connectivity index is 2.10. The van der Waals surface area contributed by atoms with E-state index in [1.165, 1.54) is 15.3 Å². The number of ether oxygens (including phenoxy) is 1. The van der Waals surface area contributed by atoms with E-state index in [1.807, 2.05) is 17.4 Å². The Morgan fingerprint density at radius 1 is 1.21 bits per heavy atom. The van der Waals surface area contributed by atoms with Gasteiger partial charge in [0.05, 0.1) is 7.11 Å². The predicted octanol–water partition coefficient (Wildman–Crippen LogP) is 3.87. The van der Waals surface area contributed by atoms with Crippen LogP contribution in [0.5, 0.6) is 5.75 Å². The topological polar surface area (TPSA) is 35.2 Å². The zero-order chi connectivity index (χ0) is 13.8. The summed E-state index contributed by atoms with van der Waals surface area (Å²) in [6.07, 6.45) is 2.00. The molecule has 0 aliphatic rings. The average molecular weight is 275 g/mol. The molecule has 0 fully saturated rings. The van der Waals surface area contributed by atoms with E-state index in [4.69, 9.17) is 10.5 Å². The second kappa shape index (κ2) is 6.22. The maximum Gasteiger partial charge on any atom is 0.121 e. The van der Waals surface area contributed by atoms with E-state index >= 15 is 0 Å². The molecule has 1 atom stereocenters. The van der Waals surface area contributed by atoms with Gasteiger partial charge in [0.25, 0.3) is 0 Å². The van der Waals surface area contributed by atoms with Gasteiger partial charge >= 0.3 is 0 Å². The number of benzene rings is 1. The molecule has 1 heterocycles. The van der Waals surface area contributed by atoms with E-state index in [-0.39, 0.29) is 6.04 Å². The van der Waals surface area contributed by atoms with E-state index in [0.29, 0.717) is 0 Å². The van der Waals surface area contributed by atoms with E-state index < -0.39 is 0 Å². The largest absolute Gasteiger partial charge is 0.496 e. The number of thiophene rings is 1. The highest BCUT2D eigenvalue weighted by Gasteiger charge is 2.10. The summed E-state index contributed by atoms with van der Waals surface area (Å²) in [6.45, 7) is 4.23. The van der Waals surface area contributed by atoms with Gasteiger partial charge in [-0.3, -0.25) is 0 Å². The van der Waals surface area contributed by atoms with Gasteiger partial charge in [-0.1, -0.05) is 19.1 Å². The first-order valence-corrected chi connectivity index (χ1v) is 7.43. The summed E-state index contributed by atoms with van der Waals surface area (Å²) >= 11 is 1.86. The van der Waals surface area contributed by atoms with Crippen LogP contribution in [-0.2, 0) is 12.8 Å². The van der Waals surface area contributed by atoms with Crippen molar-refractivity contribution in [3.05, 3.63) is 51.2 Å². The molecule has 0 saturated carbocycles. The van der Waals surface area contributed by atoms with Crippen LogP contribution in [-0.4, -0.2) is 7.11 Å². The molecule has 19 heavy (non-hydrogen) atoms. The van der Waals surface area contributed by atoms with Gasteiger partial charge in [0, 0.05) is 22.2 Å². The van der Waals surface area contributed by atoms with E-state index in [0.717, 1.165) is 24.2 Å². The lowest BCUT2D eigenvalue weighted by molar-refractivity contribution is 0.411. The van der Waals surface area contributed by atoms with Crippen molar-refractivity contribution in [1.82, 2.24) is 0 Å². The maximum absolute atomic E-state index is 6.30. The van der Waals surface area contributed by atoms with E-state index in [9.17, 15) is 0 Å². The first-order valence-electron chi connectivity index (χ1n) is 6.61. The van der Waals surface area contributed by atoms with E-state index in [2.05, 4.69) is 38.1 Å². The number of nitrogens with two attached hydrogens (primary N) is 1. The molecule has 0 radical (unpaired) electrons. The summed E-state index contributed by atoms with van der Waals surface area (Å²) in [7, 11) is 1.69. The summed E-state index contributed by atoms with van der Waals surface area (Å²) in [5.41, 5.74) is 8.61. The van der Waals surface area contributed by atoms with Gasteiger partial charge in [-0.25, -0.2) is 0 Å². The number of rotatable bonds is 5. The van der Waals surface area contributed by atoms with Crippen molar-refractivity contribution < 1.29 is 4.74 Å². The van der Waals surface area contributed by atoms with Gasteiger partial charge in [-0.05, 0) is 42.7 Å². The Bertz CT molecular complexity index is 547. The molecule has 2 N–H and O–H groups in total. The number of hydrogen-bond donors (Lipinski definition) is 1. The van der Waals surface area contributed by atoms with Crippen molar-refractivity contribution in [2.75, 3.05) is 7.11 Å². The van der Waals surface area contributed by atoms with Crippen molar-refractivity contribution in [2.24, 2.45) is 5.73 Å². The van der Waals surface area contributed by atoms with Crippen LogP contribution in [0.15, 0.2) is 30.3 Å². The Hall–Kier alpha value is -1.32. The summed E-state index contributed by atoms with van der Waals surface area (Å²) in [5, 5.41) is 0. The molecule has 0 saturated heterocycles. The van der Waals surface area contributed by atoms with Crippen LogP contribution in [0.4, 0.5) is 0 Å². The molecule has 0 bridgehead atoms. The molecule has 0 aliphatic carbocycles. The van der Waals surface area contributed by atoms with Crippen molar-refractivity contribution in [1.29, 1.82) is 0 Å². The van der Waals surface area contributed by atoms with Gasteiger partial charge in [-0.2, -0.15) is 0 Å². The minimum Gasteiger partial charge on any atom is -0.496 e. The molecule has 2 aromatic rings. The van der Waals surface area contributed by atoms with E-state index in [1.54, 1.807) is 7.11 Å². The third-order valence-corrected chi connectivity index (χ3v) is 4.59. The minimum absolute atomic E-state index is 0.0490. The molecule has 1 unspecified atom stereocenters. The first-order chi connectivity index (χ1) is 9.13. The molecule has 1 aromatic heterocycles. The second-order valence-electron chi connectivity index (χ2n) is 4.76. The zero-order valence-corrected chi connectivity index (χ0v) is 12.6. The molecule has 3 heteroatoms. The molecule has 0 aliphatic heterocycles. The standard InChI is InChI=1S/C16H21NOS/c1-4-13-6-7-14(19-13)10-15(17)12-5-8-16(18-3)11(2)9-12/h5-9,15H,4,10,17H2,1-3H3. The fourth-order valence-corrected chi connectivity index (χ4v) is 3.21. The van der Waals surface area contributed by atoms with Crippen LogP contribution in [0.1, 0.15) is 33.8 Å². The summed E-state index contributed by atoms with van der Waals surface area (Å²) in [4.78, 5) is 2.78. The average Bonchev–Trinajstić information content (AvgIpc) is 2.86. The fourth-order valence-electron chi connectivity index (χ4n) is 2.19. The predicted molar refractivity (Wildman–Crippen MR) is 82.1 cm³/mol. The van der Waals surface area contributed by atoms with Crippen LogP contribution in [0.3, 0.4) is 0 Å². The Morgan fingerprint density at radius 2 is 1.95 bits per heavy atom. The molecule has 2 nitrogen and oxygen atoms in total. The first kappa shape index (κ1) is 14.1. The summed E-state index contributed by atoms with van der Waals surface area (Å²) < 4.78 is 5.28. The lowest BCUT2D eigenvalue weighted by atomic mass is 10.0. The highest BCUT2D eigenvalue weighted by atomic mass is 32.1. The zero-order valence-electron chi connectivity index (χ0n) is 11.8. The quantitative estimate of drug-likeness (QED) is 0.899. The molecular weight excluding hydrogens is 254 g/mol. The fraction of sp³-hybridized carbons (Fsp3) is 0.375. The normalized spacial score (nSPS) is 12.4. The monoisotopic (exact) mass is 275 g/mol. The van der Waals surface area contributed by atoms with Crippen LogP contribution >= 0.6 is 11.3 Å². The van der Waals surface area contributed by atoms with Crippen LogP contribution < -0.4 is 10.5 Å². The van der Waals surface area contributed by atoms with Gasteiger partial charge in [0.1, 0.15) is 5.75 Å². The van der Waals surface area contributed by atoms with Crippen LogP contribution in [0.25, 0.3) is 0 Å². The van der Waals surface area contributed by atoms with Gasteiger partial charge in [0.2, 0.25) is 0 Å². The molecule has 0 amide bonds. The third kappa shape index (κ3) is 3.37. The van der Waals surface area contributed by atoms with Crippen molar-refractivity contribution in [3.8, 4) is 5.75 Å². The Labute approximate surface area is 119 Å². The lowest BCUT2D eigenvalue weighted by Gasteiger charge is -2.13. The van der Waals surface area contributed by atoms with Crippen LogP contribution in [0.2, 0.25) is 0 Å². The van der Waals surface area contributed by atoms with Crippen LogP contribution in [0, 0.1) is 6.92 Å².